The first-order chi connectivity index (χ1) is 6.31. The van der Waals surface area contributed by atoms with Crippen molar-refractivity contribution in [1.82, 2.24) is 0 Å². The predicted octanol–water partition coefficient (Wildman–Crippen LogP) is 1.37. The van der Waals surface area contributed by atoms with Crippen LogP contribution in [0.5, 0.6) is 5.75 Å². The van der Waals surface area contributed by atoms with Crippen LogP contribution in [0.15, 0.2) is 36.7 Å². The van der Waals surface area contributed by atoms with Gasteiger partial charge in [0.05, 0.1) is 12.5 Å². The predicted molar refractivity (Wildman–Crippen MR) is 47.9 cm³/mol. The summed E-state index contributed by atoms with van der Waals surface area (Å²) in [6.07, 6.45) is 3.20. The number of rotatable bonds is 1. The van der Waals surface area contributed by atoms with E-state index in [1.54, 1.807) is 19.5 Å². The zero-order valence-corrected chi connectivity index (χ0v) is 7.27. The van der Waals surface area contributed by atoms with Crippen molar-refractivity contribution in [2.75, 3.05) is 7.11 Å². The van der Waals surface area contributed by atoms with Gasteiger partial charge in [-0.15, -0.1) is 0 Å². The fourth-order valence-corrected chi connectivity index (χ4v) is 1.35. The van der Waals surface area contributed by atoms with Crippen LogP contribution < -0.4 is 9.47 Å². The molecule has 0 saturated carbocycles. The van der Waals surface area contributed by atoms with Crippen molar-refractivity contribution in [1.29, 1.82) is 0 Å². The lowest BCUT2D eigenvalue weighted by atomic mass is 10.1. The number of fused-ring (bicyclic) bond motifs is 1. The molecule has 3 nitrogen and oxygen atoms in total. The minimum atomic E-state index is 0.765. The zero-order chi connectivity index (χ0) is 9.26. The van der Waals surface area contributed by atoms with Gasteiger partial charge in [-0.05, 0) is 11.5 Å². The van der Waals surface area contributed by atoms with Gasteiger partial charge >= 0.3 is 0 Å². The summed E-state index contributed by atoms with van der Waals surface area (Å²) in [6, 6.07) is 7.58. The van der Waals surface area contributed by atoms with Crippen molar-refractivity contribution in [3.8, 4) is 5.75 Å². The van der Waals surface area contributed by atoms with Gasteiger partial charge in [0, 0.05) is 10.8 Å². The SMILES string of the molecule is COc1cccc2cc[n+](O)cc12. The molecule has 0 fully saturated rings. The number of hydrogen-bond acceptors (Lipinski definition) is 2. The maximum absolute atomic E-state index is 9.21. The lowest BCUT2D eigenvalue weighted by Gasteiger charge is -2.01. The normalized spacial score (nSPS) is 10.2. The molecule has 1 aromatic carbocycles. The highest BCUT2D eigenvalue weighted by Crippen LogP contribution is 2.22. The molecule has 0 spiro atoms. The van der Waals surface area contributed by atoms with Gasteiger partial charge in [-0.2, -0.15) is 0 Å². The fraction of sp³-hybridized carbons (Fsp3) is 0.100. The fourth-order valence-electron chi connectivity index (χ4n) is 1.35. The third kappa shape index (κ3) is 1.28. The van der Waals surface area contributed by atoms with E-state index in [2.05, 4.69) is 0 Å². The molecule has 0 saturated heterocycles. The Morgan fingerprint density at radius 3 is 2.92 bits per heavy atom. The topological polar surface area (TPSA) is 33.3 Å². The molecule has 2 aromatic rings. The molecule has 1 N–H and O–H groups in total. The standard InChI is InChI=1S/C10H10NO2/c1-13-10-4-2-3-8-5-6-11(12)7-9(8)10/h2-7,12H,1H3/q+1. The van der Waals surface area contributed by atoms with E-state index >= 15 is 0 Å². The molecule has 0 aliphatic carbocycles. The molecule has 0 radical (unpaired) electrons. The van der Waals surface area contributed by atoms with Crippen LogP contribution >= 0.6 is 0 Å². The van der Waals surface area contributed by atoms with Crippen LogP contribution in [-0.2, 0) is 0 Å². The van der Waals surface area contributed by atoms with E-state index in [-0.39, 0.29) is 0 Å². The van der Waals surface area contributed by atoms with Crippen LogP contribution in [0, 0.1) is 0 Å². The lowest BCUT2D eigenvalue weighted by molar-refractivity contribution is -0.903. The summed E-state index contributed by atoms with van der Waals surface area (Å²) in [5, 5.41) is 11.2. The summed E-state index contributed by atoms with van der Waals surface area (Å²) >= 11 is 0. The van der Waals surface area contributed by atoms with Crippen molar-refractivity contribution in [3.63, 3.8) is 0 Å². The molecule has 3 heteroatoms. The summed E-state index contributed by atoms with van der Waals surface area (Å²) < 4.78 is 6.18. The summed E-state index contributed by atoms with van der Waals surface area (Å²) in [4.78, 5) is 0. The van der Waals surface area contributed by atoms with E-state index < -0.39 is 0 Å². The molecule has 0 unspecified atom stereocenters. The van der Waals surface area contributed by atoms with Gasteiger partial charge in [-0.1, -0.05) is 12.1 Å². The van der Waals surface area contributed by atoms with Crippen molar-refractivity contribution in [2.24, 2.45) is 0 Å². The van der Waals surface area contributed by atoms with Gasteiger partial charge in [0.1, 0.15) is 5.75 Å². The van der Waals surface area contributed by atoms with Crippen LogP contribution in [0.3, 0.4) is 0 Å². The van der Waals surface area contributed by atoms with Gasteiger partial charge in [0.25, 0.3) is 0 Å². The van der Waals surface area contributed by atoms with Crippen LogP contribution in [0.2, 0.25) is 0 Å². The number of nitrogens with zero attached hydrogens (tertiary/aromatic N) is 1. The molecule has 0 aliphatic rings. The van der Waals surface area contributed by atoms with Gasteiger partial charge in [-0.25, -0.2) is 0 Å². The second-order valence-electron chi connectivity index (χ2n) is 2.79. The first-order valence-corrected chi connectivity index (χ1v) is 3.98. The van der Waals surface area contributed by atoms with E-state index in [1.807, 2.05) is 24.3 Å². The molecule has 0 amide bonds. The van der Waals surface area contributed by atoms with Crippen molar-refractivity contribution >= 4 is 10.8 Å². The molecular weight excluding hydrogens is 166 g/mol. The van der Waals surface area contributed by atoms with Gasteiger partial charge in [0.2, 0.25) is 12.4 Å². The molecule has 13 heavy (non-hydrogen) atoms. The molecule has 66 valence electrons. The maximum Gasteiger partial charge on any atom is 0.233 e. The Kier molecular flexibility index (Phi) is 1.77. The average molecular weight is 176 g/mol. The number of aromatic nitrogens is 1. The molecule has 0 aliphatic heterocycles. The van der Waals surface area contributed by atoms with Crippen LogP contribution in [0.1, 0.15) is 0 Å². The molecule has 1 aromatic heterocycles. The Morgan fingerprint density at radius 1 is 1.31 bits per heavy atom. The van der Waals surface area contributed by atoms with Gasteiger partial charge in [-0.3, -0.25) is 5.21 Å². The molecule has 1 heterocycles. The van der Waals surface area contributed by atoms with E-state index in [0.717, 1.165) is 21.3 Å². The first kappa shape index (κ1) is 7.86. The number of hydrogen-bond donors (Lipinski definition) is 1. The van der Waals surface area contributed by atoms with E-state index in [0.29, 0.717) is 0 Å². The molecule has 0 atom stereocenters. The highest BCUT2D eigenvalue weighted by atomic mass is 16.5. The quantitative estimate of drug-likeness (QED) is 0.526. The zero-order valence-electron chi connectivity index (χ0n) is 7.27. The van der Waals surface area contributed by atoms with E-state index in [9.17, 15) is 5.21 Å². The van der Waals surface area contributed by atoms with Crippen molar-refractivity contribution in [2.45, 2.75) is 0 Å². The number of pyridine rings is 1. The van der Waals surface area contributed by atoms with E-state index in [4.69, 9.17) is 4.74 Å². The Hall–Kier alpha value is -1.77. The highest BCUT2D eigenvalue weighted by Gasteiger charge is 2.05. The summed E-state index contributed by atoms with van der Waals surface area (Å²) in [5.41, 5.74) is 0. The number of methoxy groups -OCH3 is 1. The van der Waals surface area contributed by atoms with E-state index in [1.165, 1.54) is 0 Å². The van der Waals surface area contributed by atoms with Crippen molar-refractivity contribution in [3.05, 3.63) is 36.7 Å². The summed E-state index contributed by atoms with van der Waals surface area (Å²) in [5.74, 6) is 0.765. The van der Waals surface area contributed by atoms with Gasteiger partial charge in [0.15, 0.2) is 0 Å². The average Bonchev–Trinajstić information content (AvgIpc) is 2.17. The van der Waals surface area contributed by atoms with Crippen LogP contribution in [0.4, 0.5) is 0 Å². The molecule has 2 rings (SSSR count). The van der Waals surface area contributed by atoms with Crippen LogP contribution in [-0.4, -0.2) is 12.3 Å². The minimum absolute atomic E-state index is 0.765. The second kappa shape index (κ2) is 2.94. The monoisotopic (exact) mass is 176 g/mol. The smallest absolute Gasteiger partial charge is 0.233 e. The summed E-state index contributed by atoms with van der Waals surface area (Å²) in [7, 11) is 1.61. The van der Waals surface area contributed by atoms with Crippen LogP contribution in [0.25, 0.3) is 10.8 Å². The maximum atomic E-state index is 9.21. The Bertz CT molecular complexity index is 440. The first-order valence-electron chi connectivity index (χ1n) is 3.98. The number of benzene rings is 1. The van der Waals surface area contributed by atoms with Gasteiger partial charge < -0.3 is 4.74 Å². The lowest BCUT2D eigenvalue weighted by Crippen LogP contribution is -2.27. The second-order valence-corrected chi connectivity index (χ2v) is 2.79. The largest absolute Gasteiger partial charge is 0.496 e. The summed E-state index contributed by atoms with van der Waals surface area (Å²) in [6.45, 7) is 0. The van der Waals surface area contributed by atoms with Crippen molar-refractivity contribution < 1.29 is 14.7 Å². The Labute approximate surface area is 75.8 Å². The Morgan fingerprint density at radius 2 is 2.15 bits per heavy atom. The number of ether oxygens (including phenoxy) is 1. The molecular formula is C10H10NO2+. The third-order valence-corrected chi connectivity index (χ3v) is 1.99. The Balaban J connectivity index is 2.79. The third-order valence-electron chi connectivity index (χ3n) is 1.99. The highest BCUT2D eigenvalue weighted by molar-refractivity contribution is 5.86. The minimum Gasteiger partial charge on any atom is -0.496 e. The molecule has 0 bridgehead atoms.